The van der Waals surface area contributed by atoms with Crippen LogP contribution in [0.5, 0.6) is 0 Å². The number of H-pyrrole nitrogens is 1. The zero-order valence-corrected chi connectivity index (χ0v) is 8.88. The molecule has 0 radical (unpaired) electrons. The molecule has 74 valence electrons. The first-order chi connectivity index (χ1) is 7.34. The van der Waals surface area contributed by atoms with E-state index in [0.717, 1.165) is 27.3 Å². The number of aromatic amines is 1. The highest BCUT2D eigenvalue weighted by Gasteiger charge is 2.09. The number of aromatic nitrogens is 4. The summed E-state index contributed by atoms with van der Waals surface area (Å²) in [4.78, 5) is 8.83. The van der Waals surface area contributed by atoms with Crippen LogP contribution in [0.25, 0.3) is 21.5 Å². The molecule has 0 aromatic carbocycles. The third-order valence-corrected chi connectivity index (χ3v) is 3.10. The average Bonchev–Trinajstić information content (AvgIpc) is 2.86. The van der Waals surface area contributed by atoms with Crippen molar-refractivity contribution in [2.24, 2.45) is 0 Å². The molecule has 1 N–H and O–H groups in total. The van der Waals surface area contributed by atoms with Crippen LogP contribution in [-0.2, 0) is 0 Å². The zero-order valence-electron chi connectivity index (χ0n) is 8.06. The molecule has 0 spiro atoms. The molecule has 15 heavy (non-hydrogen) atoms. The van der Waals surface area contributed by atoms with Gasteiger partial charge in [-0.3, -0.25) is 5.10 Å². The van der Waals surface area contributed by atoms with Gasteiger partial charge in [-0.25, -0.2) is 9.97 Å². The van der Waals surface area contributed by atoms with E-state index in [1.54, 1.807) is 17.5 Å². The lowest BCUT2D eigenvalue weighted by Crippen LogP contribution is -1.90. The summed E-state index contributed by atoms with van der Waals surface area (Å²) in [6.45, 7) is 1.90. The summed E-state index contributed by atoms with van der Waals surface area (Å²) in [7, 11) is 0. The summed E-state index contributed by atoms with van der Waals surface area (Å²) in [5, 5.41) is 8.77. The van der Waals surface area contributed by atoms with E-state index in [9.17, 15) is 0 Å². The van der Waals surface area contributed by atoms with Gasteiger partial charge in [0.25, 0.3) is 0 Å². The predicted octanol–water partition coefficient (Wildman–Crippen LogP) is 2.39. The van der Waals surface area contributed by atoms with Gasteiger partial charge in [-0.05, 0) is 18.4 Å². The highest BCUT2D eigenvalue weighted by Crippen LogP contribution is 2.29. The van der Waals surface area contributed by atoms with E-state index in [0.29, 0.717) is 0 Å². The molecule has 0 fully saturated rings. The van der Waals surface area contributed by atoms with Gasteiger partial charge in [0, 0.05) is 11.8 Å². The lowest BCUT2D eigenvalue weighted by molar-refractivity contribution is 1.09. The molecule has 5 heteroatoms. The number of thiophene rings is 1. The zero-order chi connectivity index (χ0) is 10.3. The molecule has 0 saturated carbocycles. The van der Waals surface area contributed by atoms with Gasteiger partial charge in [0.05, 0.1) is 22.1 Å². The van der Waals surface area contributed by atoms with Crippen molar-refractivity contribution in [2.75, 3.05) is 0 Å². The van der Waals surface area contributed by atoms with Gasteiger partial charge in [0.1, 0.15) is 5.82 Å². The van der Waals surface area contributed by atoms with Crippen molar-refractivity contribution < 1.29 is 0 Å². The molecule has 3 heterocycles. The maximum absolute atomic E-state index is 4.46. The predicted molar refractivity (Wildman–Crippen MR) is 59.7 cm³/mol. The molecule has 0 aliphatic carbocycles. The Morgan fingerprint density at radius 1 is 1.33 bits per heavy atom. The molecule has 0 saturated heterocycles. The van der Waals surface area contributed by atoms with Gasteiger partial charge in [-0.1, -0.05) is 0 Å². The van der Waals surface area contributed by atoms with Crippen LogP contribution in [0, 0.1) is 6.92 Å². The number of rotatable bonds is 1. The van der Waals surface area contributed by atoms with Crippen molar-refractivity contribution in [3.05, 3.63) is 29.7 Å². The van der Waals surface area contributed by atoms with Crippen molar-refractivity contribution in [1.82, 2.24) is 20.2 Å². The van der Waals surface area contributed by atoms with Gasteiger partial charge in [-0.15, -0.1) is 11.3 Å². The van der Waals surface area contributed by atoms with Crippen LogP contribution in [0.4, 0.5) is 0 Å². The first kappa shape index (κ1) is 8.55. The number of fused-ring (bicyclic) bond motifs is 1. The summed E-state index contributed by atoms with van der Waals surface area (Å²) >= 11 is 1.65. The minimum atomic E-state index is 0.789. The molecular weight excluding hydrogens is 208 g/mol. The van der Waals surface area contributed by atoms with E-state index in [1.807, 2.05) is 24.6 Å². The Bertz CT molecular complexity index is 597. The summed E-state index contributed by atoms with van der Waals surface area (Å²) in [5.74, 6) is 0.789. The van der Waals surface area contributed by atoms with Gasteiger partial charge in [0.2, 0.25) is 0 Å². The Morgan fingerprint density at radius 3 is 3.07 bits per heavy atom. The lowest BCUT2D eigenvalue weighted by Gasteiger charge is -1.99. The second-order valence-corrected chi connectivity index (χ2v) is 4.16. The van der Waals surface area contributed by atoms with Crippen LogP contribution in [0.1, 0.15) is 5.82 Å². The summed E-state index contributed by atoms with van der Waals surface area (Å²) in [5.41, 5.74) is 2.97. The molecule has 3 aromatic heterocycles. The standard InChI is InChI=1S/C10H8N4S/c1-6-13-8-2-3-15-10(8)9(14-6)7-4-11-12-5-7/h2-5H,1H3,(H,11,12). The smallest absolute Gasteiger partial charge is 0.126 e. The fourth-order valence-corrected chi connectivity index (χ4v) is 2.40. The maximum Gasteiger partial charge on any atom is 0.126 e. The fourth-order valence-electron chi connectivity index (χ4n) is 1.56. The van der Waals surface area contributed by atoms with Gasteiger partial charge in [-0.2, -0.15) is 5.10 Å². The van der Waals surface area contributed by atoms with Crippen LogP contribution in [0.2, 0.25) is 0 Å². The minimum absolute atomic E-state index is 0.789. The Hall–Kier alpha value is -1.75. The van der Waals surface area contributed by atoms with Crippen molar-refractivity contribution in [2.45, 2.75) is 6.92 Å². The fraction of sp³-hybridized carbons (Fsp3) is 0.100. The molecule has 0 unspecified atom stereocenters. The van der Waals surface area contributed by atoms with Crippen molar-refractivity contribution in [1.29, 1.82) is 0 Å². The monoisotopic (exact) mass is 216 g/mol. The first-order valence-corrected chi connectivity index (χ1v) is 5.43. The molecule has 0 aliphatic heterocycles. The largest absolute Gasteiger partial charge is 0.285 e. The van der Waals surface area contributed by atoms with E-state index in [-0.39, 0.29) is 0 Å². The Labute approximate surface area is 90.0 Å². The lowest BCUT2D eigenvalue weighted by atomic mass is 10.2. The second-order valence-electron chi connectivity index (χ2n) is 3.24. The summed E-state index contributed by atoms with van der Waals surface area (Å²) in [6.07, 6.45) is 3.63. The van der Waals surface area contributed by atoms with Crippen molar-refractivity contribution in [3.8, 4) is 11.3 Å². The molecular formula is C10H8N4S. The van der Waals surface area contributed by atoms with E-state index in [2.05, 4.69) is 20.2 Å². The second kappa shape index (κ2) is 3.13. The van der Waals surface area contributed by atoms with Crippen molar-refractivity contribution in [3.63, 3.8) is 0 Å². The van der Waals surface area contributed by atoms with Crippen LogP contribution >= 0.6 is 11.3 Å². The highest BCUT2D eigenvalue weighted by molar-refractivity contribution is 7.17. The number of hydrogen-bond acceptors (Lipinski definition) is 4. The molecule has 0 aliphatic rings. The van der Waals surface area contributed by atoms with Crippen LogP contribution < -0.4 is 0 Å². The minimum Gasteiger partial charge on any atom is -0.285 e. The van der Waals surface area contributed by atoms with Crippen LogP contribution in [0.3, 0.4) is 0 Å². The Balaban J connectivity index is 2.38. The number of nitrogens with zero attached hydrogens (tertiary/aromatic N) is 3. The molecule has 0 bridgehead atoms. The Kier molecular flexibility index (Phi) is 1.78. The van der Waals surface area contributed by atoms with Gasteiger partial charge in [0.15, 0.2) is 0 Å². The maximum atomic E-state index is 4.46. The van der Waals surface area contributed by atoms with Crippen LogP contribution in [0.15, 0.2) is 23.8 Å². The molecule has 3 aromatic rings. The average molecular weight is 216 g/mol. The van der Waals surface area contributed by atoms with Gasteiger partial charge >= 0.3 is 0 Å². The number of nitrogens with one attached hydrogen (secondary N) is 1. The highest BCUT2D eigenvalue weighted by atomic mass is 32.1. The van der Waals surface area contributed by atoms with E-state index in [1.165, 1.54) is 0 Å². The van der Waals surface area contributed by atoms with Crippen molar-refractivity contribution >= 4 is 21.6 Å². The molecule has 0 amide bonds. The van der Waals surface area contributed by atoms with E-state index in [4.69, 9.17) is 0 Å². The SMILES string of the molecule is Cc1nc(-c2cn[nH]c2)c2sccc2n1. The molecule has 0 atom stereocenters. The Morgan fingerprint density at radius 2 is 2.27 bits per heavy atom. The third-order valence-electron chi connectivity index (χ3n) is 2.19. The normalized spacial score (nSPS) is 11.0. The first-order valence-electron chi connectivity index (χ1n) is 4.55. The van der Waals surface area contributed by atoms with Crippen LogP contribution in [-0.4, -0.2) is 20.2 Å². The summed E-state index contributed by atoms with van der Waals surface area (Å²) in [6, 6.07) is 2.01. The quantitative estimate of drug-likeness (QED) is 0.679. The van der Waals surface area contributed by atoms with Gasteiger partial charge < -0.3 is 0 Å². The number of hydrogen-bond donors (Lipinski definition) is 1. The topological polar surface area (TPSA) is 54.5 Å². The molecule has 4 nitrogen and oxygen atoms in total. The number of aryl methyl sites for hydroxylation is 1. The van der Waals surface area contributed by atoms with E-state index < -0.39 is 0 Å². The van der Waals surface area contributed by atoms with E-state index >= 15 is 0 Å². The molecule has 3 rings (SSSR count). The summed E-state index contributed by atoms with van der Waals surface area (Å²) < 4.78 is 1.11. The third kappa shape index (κ3) is 1.32.